The topological polar surface area (TPSA) is 68.5 Å². The number of nitrogens with zero attached hydrogens (tertiary/aromatic N) is 2. The molecule has 1 fully saturated rings. The van der Waals surface area contributed by atoms with Gasteiger partial charge in [-0.05, 0) is 12.8 Å². The van der Waals surface area contributed by atoms with Crippen LogP contribution in [0, 0.1) is 0 Å². The number of hydrogen-bond acceptors (Lipinski definition) is 6. The first-order valence-electron chi connectivity index (χ1n) is 6.21. The molecule has 1 aromatic heterocycles. The van der Waals surface area contributed by atoms with Crippen molar-refractivity contribution in [1.82, 2.24) is 4.98 Å². The lowest BCUT2D eigenvalue weighted by Gasteiger charge is -2.31. The van der Waals surface area contributed by atoms with E-state index in [2.05, 4.69) is 9.88 Å². The van der Waals surface area contributed by atoms with E-state index in [0.29, 0.717) is 21.9 Å². The number of hydrogen-bond donors (Lipinski definition) is 1. The van der Waals surface area contributed by atoms with Crippen LogP contribution >= 0.6 is 11.3 Å². The second kappa shape index (κ2) is 5.56. The lowest BCUT2D eigenvalue weighted by Crippen LogP contribution is -2.34. The van der Waals surface area contributed by atoms with Crippen LogP contribution in [0.3, 0.4) is 0 Å². The van der Waals surface area contributed by atoms with Crippen LogP contribution in [0.5, 0.6) is 0 Å². The monoisotopic (exact) mass is 269 g/mol. The van der Waals surface area contributed by atoms with Gasteiger partial charge in [-0.15, -0.1) is 0 Å². The summed E-state index contributed by atoms with van der Waals surface area (Å²) in [5.74, 6) is 0.304. The maximum Gasteiger partial charge on any atom is 0.352 e. The van der Waals surface area contributed by atoms with Gasteiger partial charge in [-0.1, -0.05) is 30.6 Å². The minimum Gasteiger partial charge on any atom is -0.465 e. The molecule has 1 saturated carbocycles. The maximum absolute atomic E-state index is 11.7. The van der Waals surface area contributed by atoms with Crippen LogP contribution in [-0.2, 0) is 4.74 Å². The fourth-order valence-electron chi connectivity index (χ4n) is 2.43. The zero-order valence-electron chi connectivity index (χ0n) is 10.8. The predicted molar refractivity (Wildman–Crippen MR) is 73.1 cm³/mol. The molecule has 1 heterocycles. The fourth-order valence-corrected chi connectivity index (χ4v) is 3.22. The van der Waals surface area contributed by atoms with E-state index < -0.39 is 0 Å². The van der Waals surface area contributed by atoms with E-state index in [4.69, 9.17) is 10.5 Å². The van der Waals surface area contributed by atoms with Crippen molar-refractivity contribution >= 4 is 28.3 Å². The summed E-state index contributed by atoms with van der Waals surface area (Å²) in [5, 5.41) is 0.410. The van der Waals surface area contributed by atoms with Gasteiger partial charge >= 0.3 is 5.97 Å². The van der Waals surface area contributed by atoms with Crippen molar-refractivity contribution < 1.29 is 9.53 Å². The van der Waals surface area contributed by atoms with Gasteiger partial charge in [0.1, 0.15) is 0 Å². The average Bonchev–Trinajstić information content (AvgIpc) is 2.80. The van der Waals surface area contributed by atoms with E-state index in [0.717, 1.165) is 12.8 Å². The first-order valence-corrected chi connectivity index (χ1v) is 7.02. The number of aromatic nitrogens is 1. The number of nitrogens with two attached hydrogens (primary N) is 1. The van der Waals surface area contributed by atoms with Crippen molar-refractivity contribution in [1.29, 1.82) is 0 Å². The minimum absolute atomic E-state index is 0.359. The van der Waals surface area contributed by atoms with Crippen LogP contribution < -0.4 is 10.6 Å². The molecular weight excluding hydrogens is 250 g/mol. The fraction of sp³-hybridized carbons (Fsp3) is 0.667. The molecule has 1 aliphatic carbocycles. The van der Waals surface area contributed by atoms with Crippen molar-refractivity contribution in [2.75, 3.05) is 24.8 Å². The van der Waals surface area contributed by atoms with Crippen molar-refractivity contribution in [3.8, 4) is 0 Å². The maximum atomic E-state index is 11.7. The predicted octanol–water partition coefficient (Wildman–Crippen LogP) is 2.28. The van der Waals surface area contributed by atoms with Crippen LogP contribution in [0.4, 0.5) is 10.9 Å². The van der Waals surface area contributed by atoms with E-state index in [1.807, 2.05) is 7.05 Å². The van der Waals surface area contributed by atoms with Gasteiger partial charge < -0.3 is 15.4 Å². The lowest BCUT2D eigenvalue weighted by atomic mass is 9.94. The number of carbonyl (C=O) groups is 1. The van der Waals surface area contributed by atoms with Gasteiger partial charge in [-0.3, -0.25) is 0 Å². The van der Waals surface area contributed by atoms with Crippen LogP contribution in [0.2, 0.25) is 0 Å². The number of nitrogen functional groups attached to an aromatic ring is 1. The molecule has 1 aliphatic rings. The third-order valence-electron chi connectivity index (χ3n) is 3.45. The molecule has 100 valence electrons. The number of methoxy groups -OCH3 is 1. The molecule has 0 atom stereocenters. The summed E-state index contributed by atoms with van der Waals surface area (Å²) in [4.78, 5) is 18.6. The van der Waals surface area contributed by atoms with Crippen molar-refractivity contribution in [3.63, 3.8) is 0 Å². The molecule has 0 saturated heterocycles. The Kier molecular flexibility index (Phi) is 4.06. The van der Waals surface area contributed by atoms with Gasteiger partial charge in [-0.2, -0.15) is 0 Å². The van der Waals surface area contributed by atoms with Gasteiger partial charge in [-0.25, -0.2) is 9.78 Å². The number of carbonyl (C=O) groups excluding carboxylic acids is 1. The quantitative estimate of drug-likeness (QED) is 0.853. The van der Waals surface area contributed by atoms with E-state index in [1.54, 1.807) is 0 Å². The zero-order valence-corrected chi connectivity index (χ0v) is 11.6. The summed E-state index contributed by atoms with van der Waals surface area (Å²) >= 11 is 1.19. The van der Waals surface area contributed by atoms with Crippen LogP contribution in [0.1, 0.15) is 41.8 Å². The molecule has 0 spiro atoms. The van der Waals surface area contributed by atoms with E-state index in [-0.39, 0.29) is 5.97 Å². The Morgan fingerprint density at radius 1 is 1.44 bits per heavy atom. The van der Waals surface area contributed by atoms with Crippen molar-refractivity contribution in [3.05, 3.63) is 4.88 Å². The Morgan fingerprint density at radius 3 is 2.72 bits per heavy atom. The summed E-state index contributed by atoms with van der Waals surface area (Å²) in [7, 11) is 3.36. The lowest BCUT2D eigenvalue weighted by molar-refractivity contribution is 0.0606. The molecule has 0 unspecified atom stereocenters. The molecule has 0 aliphatic heterocycles. The molecule has 0 radical (unpaired) electrons. The standard InChI is InChI=1S/C12H19N3O2S/c1-15(8-6-4-3-5-7-8)10-9(11(16)17-2)18-12(13)14-10/h8H,3-7H2,1-2H3,(H2,13,14). The van der Waals surface area contributed by atoms with Gasteiger partial charge in [0.2, 0.25) is 0 Å². The minimum atomic E-state index is -0.359. The number of esters is 1. The van der Waals surface area contributed by atoms with Crippen LogP contribution in [0.25, 0.3) is 0 Å². The highest BCUT2D eigenvalue weighted by molar-refractivity contribution is 7.17. The average molecular weight is 269 g/mol. The molecular formula is C12H19N3O2S. The number of rotatable bonds is 3. The third kappa shape index (κ3) is 2.58. The number of thiazole rings is 1. The molecule has 18 heavy (non-hydrogen) atoms. The summed E-state index contributed by atoms with van der Waals surface area (Å²) in [6, 6.07) is 0.448. The Hall–Kier alpha value is -1.30. The normalized spacial score (nSPS) is 16.6. The third-order valence-corrected chi connectivity index (χ3v) is 4.31. The molecule has 5 nitrogen and oxygen atoms in total. The van der Waals surface area contributed by atoms with Crippen LogP contribution in [-0.4, -0.2) is 31.2 Å². The summed E-state index contributed by atoms with van der Waals surface area (Å²) in [6.07, 6.45) is 6.07. The largest absolute Gasteiger partial charge is 0.465 e. The summed E-state index contributed by atoms with van der Waals surface area (Å²) in [5.41, 5.74) is 5.71. The van der Waals surface area contributed by atoms with Crippen LogP contribution in [0.15, 0.2) is 0 Å². The Balaban J connectivity index is 2.23. The first kappa shape index (κ1) is 13.1. The molecule has 0 aromatic carbocycles. The highest BCUT2D eigenvalue weighted by Crippen LogP contribution is 2.32. The van der Waals surface area contributed by atoms with Gasteiger partial charge in [0, 0.05) is 13.1 Å². The Labute approximate surface area is 111 Å². The molecule has 6 heteroatoms. The van der Waals surface area contributed by atoms with Gasteiger partial charge in [0.15, 0.2) is 15.8 Å². The number of ether oxygens (including phenoxy) is 1. The van der Waals surface area contributed by atoms with E-state index in [1.165, 1.54) is 37.7 Å². The second-order valence-electron chi connectivity index (χ2n) is 4.60. The zero-order chi connectivity index (χ0) is 13.1. The van der Waals surface area contributed by atoms with E-state index >= 15 is 0 Å². The van der Waals surface area contributed by atoms with E-state index in [9.17, 15) is 4.79 Å². The molecule has 0 amide bonds. The van der Waals surface area contributed by atoms with Crippen molar-refractivity contribution in [2.45, 2.75) is 38.1 Å². The summed E-state index contributed by atoms with van der Waals surface area (Å²) < 4.78 is 4.78. The SMILES string of the molecule is COC(=O)c1sc(N)nc1N(C)C1CCCCC1. The molecule has 2 rings (SSSR count). The smallest absolute Gasteiger partial charge is 0.352 e. The highest BCUT2D eigenvalue weighted by atomic mass is 32.1. The number of anilines is 2. The van der Waals surface area contributed by atoms with Crippen molar-refractivity contribution in [2.24, 2.45) is 0 Å². The first-order chi connectivity index (χ1) is 8.63. The highest BCUT2D eigenvalue weighted by Gasteiger charge is 2.26. The summed E-state index contributed by atoms with van der Waals surface area (Å²) in [6.45, 7) is 0. The van der Waals surface area contributed by atoms with Gasteiger partial charge in [0.05, 0.1) is 7.11 Å². The Morgan fingerprint density at radius 2 is 2.11 bits per heavy atom. The molecule has 1 aromatic rings. The molecule has 2 N–H and O–H groups in total. The van der Waals surface area contributed by atoms with Gasteiger partial charge in [0.25, 0.3) is 0 Å². The molecule has 0 bridgehead atoms. The second-order valence-corrected chi connectivity index (χ2v) is 5.63. The Bertz CT molecular complexity index is 427.